The van der Waals surface area contributed by atoms with Crippen LogP contribution in [0.1, 0.15) is 76.2 Å². The largest absolute Gasteiger partial charge is 0.455 e. The highest BCUT2D eigenvalue weighted by Gasteiger charge is 2.36. The number of hydrogen-bond donors (Lipinski definition) is 0. The van der Waals surface area contributed by atoms with Crippen LogP contribution >= 0.6 is 0 Å². The van der Waals surface area contributed by atoms with E-state index in [4.69, 9.17) is 13.7 Å². The van der Waals surface area contributed by atoms with Gasteiger partial charge in [-0.05, 0) is 58.7 Å². The van der Waals surface area contributed by atoms with Crippen molar-refractivity contribution in [1.29, 1.82) is 0 Å². The lowest BCUT2D eigenvalue weighted by Gasteiger charge is -2.36. The van der Waals surface area contributed by atoms with Crippen molar-refractivity contribution in [2.75, 3.05) is 6.61 Å². The monoisotopic (exact) mass is 381 g/mol. The van der Waals surface area contributed by atoms with Crippen LogP contribution in [-0.4, -0.2) is 31.7 Å². The average Bonchev–Trinajstić information content (AvgIpc) is 2.81. The number of nitrogens with zero attached hydrogens (tertiary/aromatic N) is 1. The lowest BCUT2D eigenvalue weighted by molar-refractivity contribution is 0.00586. The molecule has 0 amide bonds. The number of allylic oxidation sites excluding steroid dienone is 1. The van der Waals surface area contributed by atoms with E-state index in [-0.39, 0.29) is 10.7 Å². The molecule has 1 rings (SSSR count). The summed E-state index contributed by atoms with van der Waals surface area (Å²) in [5, 5.41) is 4.08. The Kier molecular flexibility index (Phi) is 7.42. The van der Waals surface area contributed by atoms with Crippen LogP contribution in [0, 0.1) is 6.92 Å². The Bertz CT molecular complexity index is 633. The molecule has 0 unspecified atom stereocenters. The molecule has 1 aromatic rings. The van der Waals surface area contributed by atoms with Crippen molar-refractivity contribution in [3.63, 3.8) is 0 Å². The van der Waals surface area contributed by atoms with E-state index < -0.39 is 19.9 Å². The van der Waals surface area contributed by atoms with Crippen molar-refractivity contribution in [2.45, 2.75) is 85.0 Å². The van der Waals surface area contributed by atoms with Gasteiger partial charge in [0.05, 0.1) is 5.56 Å². The van der Waals surface area contributed by atoms with E-state index in [0.717, 1.165) is 19.4 Å². The van der Waals surface area contributed by atoms with E-state index in [1.54, 1.807) is 6.92 Å². The van der Waals surface area contributed by atoms with Gasteiger partial charge in [-0.2, -0.15) is 0 Å². The molecule has 0 atom stereocenters. The molecule has 0 bridgehead atoms. The summed E-state index contributed by atoms with van der Waals surface area (Å²) in [4.78, 5) is 12.2. The average molecular weight is 382 g/mol. The summed E-state index contributed by atoms with van der Waals surface area (Å²) >= 11 is 0. The number of aromatic nitrogens is 1. The number of esters is 1. The fourth-order valence-electron chi connectivity index (χ4n) is 2.00. The number of rotatable bonds is 7. The third-order valence-electron chi connectivity index (χ3n) is 4.57. The molecule has 0 aromatic carbocycles. The minimum Gasteiger partial charge on any atom is -0.455 e. The quantitative estimate of drug-likeness (QED) is 0.342. The molecule has 26 heavy (non-hydrogen) atoms. The van der Waals surface area contributed by atoms with Gasteiger partial charge in [-0.1, -0.05) is 38.1 Å². The molecule has 5 nitrogen and oxygen atoms in total. The van der Waals surface area contributed by atoms with Gasteiger partial charge in [0.15, 0.2) is 14.0 Å². The molecule has 0 saturated carbocycles. The lowest BCUT2D eigenvalue weighted by Crippen LogP contribution is -2.40. The van der Waals surface area contributed by atoms with E-state index in [2.05, 4.69) is 39.0 Å². The zero-order chi connectivity index (χ0) is 20.2. The normalized spacial score (nSPS) is 13.4. The lowest BCUT2D eigenvalue weighted by atomic mass is 10.1. The fraction of sp³-hybridized carbons (Fsp3) is 0.700. The van der Waals surface area contributed by atoms with Crippen LogP contribution in [0.4, 0.5) is 0 Å². The number of aryl methyl sites for hydroxylation is 1. The van der Waals surface area contributed by atoms with Crippen molar-refractivity contribution >= 4 is 20.4 Å². The molecule has 0 N–H and O–H groups in total. The fourth-order valence-corrected chi connectivity index (χ4v) is 3.08. The first kappa shape index (κ1) is 22.6. The minimum atomic E-state index is -1.68. The van der Waals surface area contributed by atoms with Crippen LogP contribution in [0.3, 0.4) is 0 Å². The van der Waals surface area contributed by atoms with Crippen LogP contribution in [0.5, 0.6) is 0 Å². The first-order chi connectivity index (χ1) is 11.7. The summed E-state index contributed by atoms with van der Waals surface area (Å²) in [5.41, 5.74) is 0.349. The standard InChI is InChI=1S/C20H35NO4Si/c1-15-16(17(21-25-15)18(22)24-19(2,3)4)13-11-10-12-14-23-26(8,9)20(5,6)7/h11,13H,10,12,14H2,1-9H3/b13-11+. The highest BCUT2D eigenvalue weighted by molar-refractivity contribution is 6.74. The number of ether oxygens (including phenoxy) is 1. The second-order valence-corrected chi connectivity index (χ2v) is 14.0. The van der Waals surface area contributed by atoms with E-state index >= 15 is 0 Å². The SMILES string of the molecule is Cc1onc(C(=O)OC(C)(C)C)c1/C=C/CCCO[Si](C)(C)C(C)(C)C. The predicted octanol–water partition coefficient (Wildman–Crippen LogP) is 5.75. The maximum absolute atomic E-state index is 12.2. The molecule has 0 saturated heterocycles. The second kappa shape index (κ2) is 8.52. The van der Waals surface area contributed by atoms with Crippen molar-refractivity contribution in [1.82, 2.24) is 5.16 Å². The Labute approximate surface area is 159 Å². The number of hydrogen-bond acceptors (Lipinski definition) is 5. The molecule has 0 radical (unpaired) electrons. The Morgan fingerprint density at radius 3 is 2.35 bits per heavy atom. The number of unbranched alkanes of at least 4 members (excludes halogenated alkanes) is 1. The summed E-state index contributed by atoms with van der Waals surface area (Å²) in [6, 6.07) is 0. The predicted molar refractivity (Wildman–Crippen MR) is 108 cm³/mol. The van der Waals surface area contributed by atoms with Gasteiger partial charge < -0.3 is 13.7 Å². The Hall–Kier alpha value is -1.40. The molecular weight excluding hydrogens is 346 g/mol. The summed E-state index contributed by atoms with van der Waals surface area (Å²) in [6.45, 7) is 19.3. The molecule has 0 fully saturated rings. The topological polar surface area (TPSA) is 61.6 Å². The van der Waals surface area contributed by atoms with Crippen LogP contribution in [0.2, 0.25) is 18.1 Å². The maximum atomic E-state index is 12.2. The molecule has 1 aromatic heterocycles. The summed E-state index contributed by atoms with van der Waals surface area (Å²) in [6.07, 6.45) is 5.72. The molecule has 6 heteroatoms. The molecule has 0 aliphatic rings. The van der Waals surface area contributed by atoms with E-state index in [1.165, 1.54) is 0 Å². The highest BCUT2D eigenvalue weighted by Crippen LogP contribution is 2.36. The van der Waals surface area contributed by atoms with Gasteiger partial charge in [0, 0.05) is 6.61 Å². The Morgan fingerprint density at radius 1 is 1.19 bits per heavy atom. The van der Waals surface area contributed by atoms with Crippen LogP contribution in [-0.2, 0) is 9.16 Å². The van der Waals surface area contributed by atoms with Crippen molar-refractivity contribution in [3.05, 3.63) is 23.1 Å². The van der Waals surface area contributed by atoms with Crippen molar-refractivity contribution in [2.24, 2.45) is 0 Å². The summed E-state index contributed by atoms with van der Waals surface area (Å²) in [7, 11) is -1.68. The van der Waals surface area contributed by atoms with E-state index in [1.807, 2.05) is 32.9 Å². The molecule has 0 spiro atoms. The Morgan fingerprint density at radius 2 is 1.81 bits per heavy atom. The zero-order valence-electron chi connectivity index (χ0n) is 17.9. The molecule has 148 valence electrons. The summed E-state index contributed by atoms with van der Waals surface area (Å²) < 4.78 is 16.7. The minimum absolute atomic E-state index is 0.227. The number of carbonyl (C=O) groups excluding carboxylic acids is 1. The van der Waals surface area contributed by atoms with Gasteiger partial charge in [-0.15, -0.1) is 0 Å². The zero-order valence-corrected chi connectivity index (χ0v) is 18.9. The van der Waals surface area contributed by atoms with Crippen LogP contribution in [0.25, 0.3) is 6.08 Å². The molecular formula is C20H35NO4Si. The first-order valence-electron chi connectivity index (χ1n) is 9.25. The Balaban J connectivity index is 2.60. The van der Waals surface area contributed by atoms with E-state index in [9.17, 15) is 4.79 Å². The van der Waals surface area contributed by atoms with Crippen LogP contribution < -0.4 is 0 Å². The van der Waals surface area contributed by atoms with Gasteiger partial charge in [0.25, 0.3) is 0 Å². The van der Waals surface area contributed by atoms with Crippen molar-refractivity contribution < 1.29 is 18.5 Å². The van der Waals surface area contributed by atoms with Gasteiger partial charge >= 0.3 is 5.97 Å². The third kappa shape index (κ3) is 6.72. The number of carbonyl (C=O) groups is 1. The van der Waals surface area contributed by atoms with Gasteiger partial charge in [-0.25, -0.2) is 4.79 Å². The van der Waals surface area contributed by atoms with Gasteiger partial charge in [0.1, 0.15) is 11.4 Å². The van der Waals surface area contributed by atoms with Gasteiger partial charge in [0.2, 0.25) is 0 Å². The third-order valence-corrected chi connectivity index (χ3v) is 9.11. The maximum Gasteiger partial charge on any atom is 0.361 e. The highest BCUT2D eigenvalue weighted by atomic mass is 28.4. The van der Waals surface area contributed by atoms with Crippen molar-refractivity contribution in [3.8, 4) is 0 Å². The molecule has 0 aliphatic carbocycles. The van der Waals surface area contributed by atoms with Crippen LogP contribution in [0.15, 0.2) is 10.6 Å². The smallest absolute Gasteiger partial charge is 0.361 e. The van der Waals surface area contributed by atoms with E-state index in [0.29, 0.717) is 11.3 Å². The first-order valence-corrected chi connectivity index (χ1v) is 12.2. The molecule has 0 aliphatic heterocycles. The molecule has 1 heterocycles. The van der Waals surface area contributed by atoms with Gasteiger partial charge in [-0.3, -0.25) is 0 Å². The summed E-state index contributed by atoms with van der Waals surface area (Å²) in [5.74, 6) is 0.148. The second-order valence-electron chi connectivity index (χ2n) is 9.16.